The standard InChI is InChI=1S/C26H32N6O4/c1-14-9-17(24(33)28-14)11-18(12-27)29-25(34)20(10-15-5-6-15)31-26(35)23-30-19-3-2-4-21(22(19)32-23)36-13-16-7-8-16/h2-4,14-18,20H,5-11,13H2,1H3,(H,28,33)(H,29,34)(H,30,32)(H,31,35). The molecule has 10 nitrogen and oxygen atoms in total. The van der Waals surface area contributed by atoms with E-state index in [4.69, 9.17) is 4.74 Å². The number of H-pyrrole nitrogens is 1. The SMILES string of the molecule is CC1CC(CC(C#N)NC(=O)C(CC2CC2)NC(=O)c2nc3c(OCC4CC4)cccc3[nH]2)C(=O)N1. The van der Waals surface area contributed by atoms with Crippen LogP contribution in [0, 0.1) is 29.1 Å². The van der Waals surface area contributed by atoms with E-state index in [1.165, 1.54) is 12.8 Å². The number of amides is 3. The first-order valence-corrected chi connectivity index (χ1v) is 12.8. The van der Waals surface area contributed by atoms with E-state index in [2.05, 4.69) is 32.0 Å². The predicted octanol–water partition coefficient (Wildman–Crippen LogP) is 2.17. The number of hydrogen-bond donors (Lipinski definition) is 4. The molecule has 190 valence electrons. The van der Waals surface area contributed by atoms with Crippen molar-refractivity contribution in [2.24, 2.45) is 17.8 Å². The Morgan fingerprint density at radius 2 is 1.97 bits per heavy atom. The Kier molecular flexibility index (Phi) is 6.81. The van der Waals surface area contributed by atoms with Gasteiger partial charge in [-0.25, -0.2) is 4.98 Å². The highest BCUT2D eigenvalue weighted by molar-refractivity contribution is 5.98. The highest BCUT2D eigenvalue weighted by Gasteiger charge is 2.35. The number of para-hydroxylation sites is 1. The molecule has 2 aliphatic carbocycles. The first kappa shape index (κ1) is 24.1. The number of benzene rings is 1. The van der Waals surface area contributed by atoms with Crippen molar-refractivity contribution in [3.8, 4) is 11.8 Å². The van der Waals surface area contributed by atoms with E-state index in [1.807, 2.05) is 25.1 Å². The predicted molar refractivity (Wildman–Crippen MR) is 131 cm³/mol. The molecule has 3 aliphatic rings. The molecule has 4 atom stereocenters. The van der Waals surface area contributed by atoms with Gasteiger partial charge in [-0.3, -0.25) is 14.4 Å². The van der Waals surface area contributed by atoms with E-state index < -0.39 is 23.9 Å². The second-order valence-corrected chi connectivity index (χ2v) is 10.5. The Labute approximate surface area is 209 Å². The third kappa shape index (κ3) is 5.78. The number of aromatic amines is 1. The molecule has 1 aromatic carbocycles. The van der Waals surface area contributed by atoms with Gasteiger partial charge in [-0.2, -0.15) is 5.26 Å². The molecule has 1 aliphatic heterocycles. The third-order valence-electron chi connectivity index (χ3n) is 7.14. The fourth-order valence-corrected chi connectivity index (χ4v) is 4.72. The molecule has 36 heavy (non-hydrogen) atoms. The number of ether oxygens (including phenoxy) is 1. The lowest BCUT2D eigenvalue weighted by Gasteiger charge is -2.21. The number of nitrogens with one attached hydrogen (secondary N) is 4. The van der Waals surface area contributed by atoms with E-state index in [9.17, 15) is 19.6 Å². The minimum absolute atomic E-state index is 0.0582. The minimum Gasteiger partial charge on any atom is -0.491 e. The number of nitriles is 1. The van der Waals surface area contributed by atoms with Gasteiger partial charge in [-0.05, 0) is 63.0 Å². The van der Waals surface area contributed by atoms with Gasteiger partial charge >= 0.3 is 0 Å². The van der Waals surface area contributed by atoms with Gasteiger partial charge in [0.2, 0.25) is 11.8 Å². The van der Waals surface area contributed by atoms with E-state index in [0.717, 1.165) is 12.8 Å². The van der Waals surface area contributed by atoms with Crippen LogP contribution in [0.25, 0.3) is 11.0 Å². The summed E-state index contributed by atoms with van der Waals surface area (Å²) in [7, 11) is 0. The normalized spacial score (nSPS) is 22.9. The number of aromatic nitrogens is 2. The number of carbonyl (C=O) groups excluding carboxylic acids is 3. The molecule has 0 bridgehead atoms. The van der Waals surface area contributed by atoms with Crippen LogP contribution in [0.3, 0.4) is 0 Å². The lowest BCUT2D eigenvalue weighted by molar-refractivity contribution is -0.125. The smallest absolute Gasteiger partial charge is 0.287 e. The fourth-order valence-electron chi connectivity index (χ4n) is 4.72. The molecule has 4 unspecified atom stereocenters. The van der Waals surface area contributed by atoms with Gasteiger partial charge in [0.1, 0.15) is 23.3 Å². The molecule has 2 saturated carbocycles. The largest absolute Gasteiger partial charge is 0.491 e. The Hall–Kier alpha value is -3.61. The van der Waals surface area contributed by atoms with E-state index in [0.29, 0.717) is 48.1 Å². The second kappa shape index (κ2) is 10.2. The topological polar surface area (TPSA) is 149 Å². The van der Waals surface area contributed by atoms with Gasteiger partial charge in [0.25, 0.3) is 5.91 Å². The van der Waals surface area contributed by atoms with Crippen LogP contribution in [-0.4, -0.2) is 52.4 Å². The van der Waals surface area contributed by atoms with Gasteiger partial charge in [0.05, 0.1) is 18.2 Å². The number of fused-ring (bicyclic) bond motifs is 1. The summed E-state index contributed by atoms with van der Waals surface area (Å²) in [5.41, 5.74) is 1.27. The summed E-state index contributed by atoms with van der Waals surface area (Å²) in [4.78, 5) is 45.8. The Balaban J connectivity index is 1.25. The molecule has 0 spiro atoms. The van der Waals surface area contributed by atoms with Crippen molar-refractivity contribution in [3.05, 3.63) is 24.0 Å². The van der Waals surface area contributed by atoms with Crippen molar-refractivity contribution in [3.63, 3.8) is 0 Å². The summed E-state index contributed by atoms with van der Waals surface area (Å²) in [5, 5.41) is 18.0. The maximum Gasteiger partial charge on any atom is 0.287 e. The van der Waals surface area contributed by atoms with Gasteiger partial charge < -0.3 is 25.7 Å². The average Bonchev–Trinajstić information content (AvgIpc) is 3.78. The molecule has 10 heteroatoms. The molecule has 3 fully saturated rings. The molecular formula is C26H32N6O4. The molecule has 2 heterocycles. The maximum atomic E-state index is 13.1. The van der Waals surface area contributed by atoms with Crippen LogP contribution >= 0.6 is 0 Å². The third-order valence-corrected chi connectivity index (χ3v) is 7.14. The highest BCUT2D eigenvalue weighted by atomic mass is 16.5. The second-order valence-electron chi connectivity index (χ2n) is 10.5. The van der Waals surface area contributed by atoms with Gasteiger partial charge in [0.15, 0.2) is 5.82 Å². The molecule has 1 saturated heterocycles. The zero-order valence-electron chi connectivity index (χ0n) is 20.4. The molecule has 5 rings (SSSR count). The minimum atomic E-state index is -0.811. The molecule has 4 N–H and O–H groups in total. The van der Waals surface area contributed by atoms with Crippen LogP contribution in [0.2, 0.25) is 0 Å². The highest BCUT2D eigenvalue weighted by Crippen LogP contribution is 2.34. The Bertz CT molecular complexity index is 1190. The van der Waals surface area contributed by atoms with Gasteiger partial charge in [-0.1, -0.05) is 18.9 Å². The lowest BCUT2D eigenvalue weighted by atomic mass is 9.97. The van der Waals surface area contributed by atoms with Gasteiger partial charge in [0, 0.05) is 12.0 Å². The Morgan fingerprint density at radius 1 is 1.19 bits per heavy atom. The van der Waals surface area contributed by atoms with Crippen LogP contribution in [0.4, 0.5) is 0 Å². The maximum absolute atomic E-state index is 13.1. The monoisotopic (exact) mass is 492 g/mol. The summed E-state index contributed by atoms with van der Waals surface area (Å²) in [6, 6.07) is 6.06. The average molecular weight is 493 g/mol. The van der Waals surface area contributed by atoms with Crippen LogP contribution in [-0.2, 0) is 9.59 Å². The van der Waals surface area contributed by atoms with Crippen LogP contribution in [0.1, 0.15) is 62.5 Å². The summed E-state index contributed by atoms with van der Waals surface area (Å²) in [5.74, 6) is 0.376. The zero-order valence-corrected chi connectivity index (χ0v) is 20.4. The number of rotatable bonds is 11. The van der Waals surface area contributed by atoms with Crippen molar-refractivity contribution >= 4 is 28.8 Å². The van der Waals surface area contributed by atoms with Crippen molar-refractivity contribution in [1.29, 1.82) is 5.26 Å². The molecule has 3 amide bonds. The van der Waals surface area contributed by atoms with Crippen molar-refractivity contribution in [2.45, 2.75) is 70.0 Å². The van der Waals surface area contributed by atoms with E-state index >= 15 is 0 Å². The molecule has 1 aromatic heterocycles. The summed E-state index contributed by atoms with van der Waals surface area (Å²) in [6.07, 6.45) is 5.74. The first-order valence-electron chi connectivity index (χ1n) is 12.8. The van der Waals surface area contributed by atoms with Crippen molar-refractivity contribution in [1.82, 2.24) is 25.9 Å². The quantitative estimate of drug-likeness (QED) is 0.378. The zero-order chi connectivity index (χ0) is 25.2. The van der Waals surface area contributed by atoms with Crippen LogP contribution in [0.15, 0.2) is 18.2 Å². The van der Waals surface area contributed by atoms with Crippen LogP contribution in [0.5, 0.6) is 5.75 Å². The van der Waals surface area contributed by atoms with Gasteiger partial charge in [-0.15, -0.1) is 0 Å². The van der Waals surface area contributed by atoms with E-state index in [-0.39, 0.29) is 30.1 Å². The summed E-state index contributed by atoms with van der Waals surface area (Å²) < 4.78 is 5.90. The summed E-state index contributed by atoms with van der Waals surface area (Å²) in [6.45, 7) is 2.55. The first-order chi connectivity index (χ1) is 17.4. The van der Waals surface area contributed by atoms with Crippen molar-refractivity contribution < 1.29 is 19.1 Å². The molecule has 2 aromatic rings. The number of hydrogen-bond acceptors (Lipinski definition) is 6. The number of nitrogens with zero attached hydrogens (tertiary/aromatic N) is 2. The fraction of sp³-hybridized carbons (Fsp3) is 0.577. The number of carbonyl (C=O) groups is 3. The Morgan fingerprint density at radius 3 is 2.64 bits per heavy atom. The van der Waals surface area contributed by atoms with Crippen molar-refractivity contribution in [2.75, 3.05) is 6.61 Å². The van der Waals surface area contributed by atoms with E-state index in [1.54, 1.807) is 0 Å². The number of imidazole rings is 1. The molecule has 0 radical (unpaired) electrons. The van der Waals surface area contributed by atoms with Crippen LogP contribution < -0.4 is 20.7 Å². The lowest BCUT2D eigenvalue weighted by Crippen LogP contribution is -2.50. The molecular weight excluding hydrogens is 460 g/mol. The summed E-state index contributed by atoms with van der Waals surface area (Å²) >= 11 is 0.